The van der Waals surface area contributed by atoms with Crippen LogP contribution in [-0.4, -0.2) is 24.9 Å². The van der Waals surface area contributed by atoms with E-state index in [0.717, 1.165) is 34.7 Å². The van der Waals surface area contributed by atoms with E-state index in [4.69, 9.17) is 0 Å². The number of sulfone groups is 1. The molecule has 2 saturated carbocycles. The van der Waals surface area contributed by atoms with E-state index in [-0.39, 0.29) is 23.4 Å². The van der Waals surface area contributed by atoms with Gasteiger partial charge in [0, 0.05) is 30.1 Å². The molecule has 2 atom stereocenters. The molecule has 0 aliphatic heterocycles. The van der Waals surface area contributed by atoms with Crippen molar-refractivity contribution in [2.45, 2.75) is 62.2 Å². The quantitative estimate of drug-likeness (QED) is 0.419. The van der Waals surface area contributed by atoms with E-state index < -0.39 is 9.84 Å². The van der Waals surface area contributed by atoms with E-state index in [9.17, 15) is 13.2 Å². The number of rotatable bonds is 8. The van der Waals surface area contributed by atoms with Gasteiger partial charge in [0.2, 0.25) is 0 Å². The summed E-state index contributed by atoms with van der Waals surface area (Å²) in [5, 5.41) is 2.18. The van der Waals surface area contributed by atoms with Gasteiger partial charge in [-0.2, -0.15) is 0 Å². The van der Waals surface area contributed by atoms with Crippen LogP contribution in [0.15, 0.2) is 65.8 Å². The first-order valence-corrected chi connectivity index (χ1v) is 13.8. The summed E-state index contributed by atoms with van der Waals surface area (Å²) in [5.41, 5.74) is 2.10. The largest absolute Gasteiger partial charge is 0.299 e. The van der Waals surface area contributed by atoms with Crippen LogP contribution < -0.4 is 0 Å². The molecule has 2 aromatic carbocycles. The number of Topliss-reactive ketones (excluding diaryl/α,β-unsaturated/α-hetero) is 1. The van der Waals surface area contributed by atoms with Gasteiger partial charge in [0.15, 0.2) is 9.84 Å². The minimum absolute atomic E-state index is 0.0342. The van der Waals surface area contributed by atoms with E-state index >= 15 is 0 Å². The van der Waals surface area contributed by atoms with Gasteiger partial charge in [0.05, 0.1) is 10.6 Å². The fraction of sp³-hybridized carbons (Fsp3) is 0.429. The topological polar surface area (TPSA) is 64.1 Å². The summed E-state index contributed by atoms with van der Waals surface area (Å²) in [5.74, 6) is 1.31. The summed E-state index contributed by atoms with van der Waals surface area (Å²) in [4.78, 5) is 17.4. The Labute approximate surface area is 196 Å². The molecule has 172 valence electrons. The Balaban J connectivity index is 1.18. The number of aromatic nitrogens is 1. The van der Waals surface area contributed by atoms with E-state index in [1.807, 2.05) is 36.5 Å². The molecule has 0 unspecified atom stereocenters. The zero-order chi connectivity index (χ0) is 22.8. The second kappa shape index (κ2) is 9.38. The van der Waals surface area contributed by atoms with E-state index in [1.54, 1.807) is 18.3 Å². The lowest BCUT2D eigenvalue weighted by molar-refractivity contribution is -0.119. The number of carbonyl (C=O) groups is 1. The number of hydrogen-bond acceptors (Lipinski definition) is 4. The summed E-state index contributed by atoms with van der Waals surface area (Å²) in [6.07, 6.45) is 11.8. The first-order chi connectivity index (χ1) is 16.0. The van der Waals surface area contributed by atoms with Crippen LogP contribution in [0.5, 0.6) is 0 Å². The highest BCUT2D eigenvalue weighted by molar-refractivity contribution is 7.91. The molecule has 5 rings (SSSR count). The molecule has 0 radical (unpaired) electrons. The van der Waals surface area contributed by atoms with Gasteiger partial charge in [-0.15, -0.1) is 0 Å². The number of fused-ring (bicyclic) bond motifs is 1. The second-order valence-electron chi connectivity index (χ2n) is 9.83. The number of ketones is 1. The number of benzene rings is 2. The third kappa shape index (κ3) is 5.19. The smallest absolute Gasteiger partial charge is 0.178 e. The van der Waals surface area contributed by atoms with Crippen LogP contribution in [0.4, 0.5) is 0 Å². The minimum atomic E-state index is -3.24. The van der Waals surface area contributed by atoms with Gasteiger partial charge < -0.3 is 0 Å². The monoisotopic (exact) mass is 461 g/mol. The Bertz CT molecular complexity index is 1240. The lowest BCUT2D eigenvalue weighted by Gasteiger charge is -2.21. The molecule has 3 aromatic rings. The average Bonchev–Trinajstić information content (AvgIpc) is 3.65. The molecule has 0 N–H and O–H groups in total. The fourth-order valence-corrected chi connectivity index (χ4v) is 6.76. The molecule has 0 spiro atoms. The van der Waals surface area contributed by atoms with Crippen molar-refractivity contribution in [2.24, 2.45) is 11.8 Å². The summed E-state index contributed by atoms with van der Waals surface area (Å²) >= 11 is 0. The van der Waals surface area contributed by atoms with Crippen molar-refractivity contribution >= 4 is 26.4 Å². The highest BCUT2D eigenvalue weighted by atomic mass is 32.2. The Morgan fingerprint density at radius 1 is 0.939 bits per heavy atom. The summed E-state index contributed by atoms with van der Waals surface area (Å²) in [6.45, 7) is 0. The van der Waals surface area contributed by atoms with Gasteiger partial charge in [-0.1, -0.05) is 62.4 Å². The maximum Gasteiger partial charge on any atom is 0.178 e. The van der Waals surface area contributed by atoms with Crippen molar-refractivity contribution in [1.82, 2.24) is 4.98 Å². The Hall–Kier alpha value is -2.53. The normalized spacial score (nSPS) is 21.2. The molecule has 0 bridgehead atoms. The minimum Gasteiger partial charge on any atom is -0.299 e. The lowest BCUT2D eigenvalue weighted by Crippen LogP contribution is -2.14. The first-order valence-electron chi connectivity index (χ1n) is 12.2. The molecule has 2 aliphatic rings. The van der Waals surface area contributed by atoms with Crippen LogP contribution in [0.3, 0.4) is 0 Å². The van der Waals surface area contributed by atoms with Crippen LogP contribution in [0.25, 0.3) is 10.8 Å². The second-order valence-corrected chi connectivity index (χ2v) is 11.9. The number of carbonyl (C=O) groups excluding carboxylic acids is 1. The van der Waals surface area contributed by atoms with Crippen LogP contribution in [0.2, 0.25) is 0 Å². The third-order valence-corrected chi connectivity index (χ3v) is 9.24. The summed E-state index contributed by atoms with van der Waals surface area (Å²) in [6, 6.07) is 15.4. The Morgan fingerprint density at radius 3 is 2.52 bits per heavy atom. The van der Waals surface area contributed by atoms with Gasteiger partial charge >= 0.3 is 0 Å². The Morgan fingerprint density at radius 2 is 1.73 bits per heavy atom. The molecule has 33 heavy (non-hydrogen) atoms. The van der Waals surface area contributed by atoms with E-state index in [1.165, 1.54) is 32.1 Å². The zero-order valence-corrected chi connectivity index (χ0v) is 19.8. The highest BCUT2D eigenvalue weighted by Crippen LogP contribution is 2.48. The van der Waals surface area contributed by atoms with Gasteiger partial charge in [-0.25, -0.2) is 8.42 Å². The molecule has 5 heteroatoms. The first kappa shape index (κ1) is 22.3. The fourth-order valence-electron chi connectivity index (χ4n) is 5.33. The Kier molecular flexibility index (Phi) is 6.33. The molecule has 4 nitrogen and oxygen atoms in total. The van der Waals surface area contributed by atoms with E-state index in [0.29, 0.717) is 17.2 Å². The van der Waals surface area contributed by atoms with Crippen molar-refractivity contribution in [1.29, 1.82) is 0 Å². The van der Waals surface area contributed by atoms with Gasteiger partial charge in [0.1, 0.15) is 5.78 Å². The van der Waals surface area contributed by atoms with Crippen LogP contribution in [0, 0.1) is 11.8 Å². The number of nitrogens with zero attached hydrogens (tertiary/aromatic N) is 1. The van der Waals surface area contributed by atoms with Crippen molar-refractivity contribution in [3.05, 3.63) is 72.1 Å². The SMILES string of the molecule is O=C(Cc1ccc2cnccc2c1)[C@@H]1C[C@H]1c1ccc(S(=O)(=O)CCC2CCCCC2)cc1. The summed E-state index contributed by atoms with van der Waals surface area (Å²) < 4.78 is 25.6. The predicted octanol–water partition coefficient (Wildman–Crippen LogP) is 5.89. The van der Waals surface area contributed by atoms with Gasteiger partial charge in [-0.05, 0) is 59.4 Å². The molecule has 0 amide bonds. The van der Waals surface area contributed by atoms with Crippen molar-refractivity contribution in [2.75, 3.05) is 5.75 Å². The summed E-state index contributed by atoms with van der Waals surface area (Å²) in [7, 11) is -3.24. The molecule has 1 aromatic heterocycles. The zero-order valence-electron chi connectivity index (χ0n) is 18.9. The lowest BCUT2D eigenvalue weighted by atomic mass is 9.88. The average molecular weight is 462 g/mol. The van der Waals surface area contributed by atoms with E-state index in [2.05, 4.69) is 11.1 Å². The van der Waals surface area contributed by atoms with Crippen molar-refractivity contribution in [3.8, 4) is 0 Å². The molecular weight excluding hydrogens is 430 g/mol. The van der Waals surface area contributed by atoms with Crippen LogP contribution in [-0.2, 0) is 21.1 Å². The highest BCUT2D eigenvalue weighted by Gasteiger charge is 2.43. The molecule has 2 fully saturated rings. The molecular formula is C28H31NO3S. The standard InChI is InChI=1S/C28H31NO3S/c30-28(17-21-6-7-24-19-29-14-12-23(24)16-21)27-18-26(27)22-8-10-25(11-9-22)33(31,32)15-13-20-4-2-1-3-5-20/h6-12,14,16,19-20,26-27H,1-5,13,15,17-18H2/t26-,27+/m0/s1. The maximum absolute atomic E-state index is 12.8. The maximum atomic E-state index is 12.8. The number of hydrogen-bond donors (Lipinski definition) is 0. The third-order valence-electron chi connectivity index (χ3n) is 7.47. The van der Waals surface area contributed by atoms with Crippen LogP contribution >= 0.6 is 0 Å². The number of pyridine rings is 1. The van der Waals surface area contributed by atoms with Gasteiger partial charge in [-0.3, -0.25) is 9.78 Å². The predicted molar refractivity (Wildman–Crippen MR) is 131 cm³/mol. The molecule has 0 saturated heterocycles. The van der Waals surface area contributed by atoms with Crippen molar-refractivity contribution in [3.63, 3.8) is 0 Å². The molecule has 1 heterocycles. The van der Waals surface area contributed by atoms with Crippen molar-refractivity contribution < 1.29 is 13.2 Å². The van der Waals surface area contributed by atoms with Crippen LogP contribution in [0.1, 0.15) is 62.0 Å². The van der Waals surface area contributed by atoms with Gasteiger partial charge in [0.25, 0.3) is 0 Å². The molecule has 2 aliphatic carbocycles.